The third-order valence-corrected chi connectivity index (χ3v) is 5.47. The summed E-state index contributed by atoms with van der Waals surface area (Å²) >= 11 is 0. The first kappa shape index (κ1) is 13.4. The second-order valence-electron chi connectivity index (χ2n) is 6.82. The lowest BCUT2D eigenvalue weighted by molar-refractivity contribution is -0.135. The van der Waals surface area contributed by atoms with Crippen molar-refractivity contribution in [2.24, 2.45) is 0 Å². The molecule has 3 rings (SSSR count). The number of hydrogen-bond acceptors (Lipinski definition) is 2. The Bertz CT molecular complexity index is 328. The molecular formula is C16H28N2O. The maximum Gasteiger partial charge on any atom is 0.244 e. The number of nitrogens with one attached hydrogen (secondary N) is 1. The van der Waals surface area contributed by atoms with Gasteiger partial charge in [-0.05, 0) is 32.6 Å². The first-order valence-corrected chi connectivity index (χ1v) is 8.33. The van der Waals surface area contributed by atoms with Crippen molar-refractivity contribution >= 4 is 5.91 Å². The molecule has 1 heterocycles. The summed E-state index contributed by atoms with van der Waals surface area (Å²) in [6, 6.07) is 0.496. The zero-order valence-corrected chi connectivity index (χ0v) is 12.3. The molecule has 0 radical (unpaired) electrons. The molecule has 2 aliphatic carbocycles. The van der Waals surface area contributed by atoms with Crippen molar-refractivity contribution in [3.8, 4) is 0 Å². The molecule has 1 amide bonds. The molecule has 0 bridgehead atoms. The summed E-state index contributed by atoms with van der Waals surface area (Å²) in [4.78, 5) is 15.1. The summed E-state index contributed by atoms with van der Waals surface area (Å²) in [6.07, 6.45) is 13.9. The van der Waals surface area contributed by atoms with E-state index in [4.69, 9.17) is 0 Å². The Labute approximate surface area is 117 Å². The number of hydrogen-bond donors (Lipinski definition) is 1. The molecular weight excluding hydrogens is 236 g/mol. The normalized spacial score (nSPS) is 32.8. The Morgan fingerprint density at radius 3 is 2.21 bits per heavy atom. The van der Waals surface area contributed by atoms with Gasteiger partial charge in [-0.25, -0.2) is 0 Å². The summed E-state index contributed by atoms with van der Waals surface area (Å²) in [5, 5.41) is 3.64. The van der Waals surface area contributed by atoms with Crippen LogP contribution >= 0.6 is 0 Å². The highest BCUT2D eigenvalue weighted by atomic mass is 16.2. The summed E-state index contributed by atoms with van der Waals surface area (Å²) in [5.41, 5.74) is -0.179. The second kappa shape index (κ2) is 5.43. The molecule has 1 unspecified atom stereocenters. The van der Waals surface area contributed by atoms with Crippen LogP contribution in [0.2, 0.25) is 0 Å². The maximum absolute atomic E-state index is 12.9. The van der Waals surface area contributed by atoms with Gasteiger partial charge in [0.1, 0.15) is 0 Å². The van der Waals surface area contributed by atoms with Gasteiger partial charge in [0.2, 0.25) is 5.91 Å². The van der Waals surface area contributed by atoms with Gasteiger partial charge in [-0.15, -0.1) is 0 Å². The van der Waals surface area contributed by atoms with Gasteiger partial charge in [-0.1, -0.05) is 44.9 Å². The molecule has 1 aliphatic heterocycles. The molecule has 0 aromatic rings. The van der Waals surface area contributed by atoms with Crippen molar-refractivity contribution in [1.29, 1.82) is 0 Å². The van der Waals surface area contributed by atoms with E-state index in [1.54, 1.807) is 0 Å². The van der Waals surface area contributed by atoms with Gasteiger partial charge >= 0.3 is 0 Å². The van der Waals surface area contributed by atoms with E-state index in [2.05, 4.69) is 17.1 Å². The van der Waals surface area contributed by atoms with Gasteiger partial charge < -0.3 is 4.90 Å². The quantitative estimate of drug-likeness (QED) is 0.789. The number of carbonyl (C=O) groups excluding carboxylic acids is 1. The third-order valence-electron chi connectivity index (χ3n) is 5.47. The van der Waals surface area contributed by atoms with Crippen LogP contribution in [0.4, 0.5) is 0 Å². The lowest BCUT2D eigenvalue weighted by Crippen LogP contribution is -2.45. The fraction of sp³-hybridized carbons (Fsp3) is 0.938. The van der Waals surface area contributed by atoms with Gasteiger partial charge in [0, 0.05) is 6.04 Å². The Morgan fingerprint density at radius 2 is 1.58 bits per heavy atom. The van der Waals surface area contributed by atoms with Crippen LogP contribution in [0.3, 0.4) is 0 Å². The maximum atomic E-state index is 12.9. The number of rotatable bonds is 1. The average molecular weight is 264 g/mol. The number of nitrogens with zero attached hydrogens (tertiary/aromatic N) is 1. The predicted octanol–water partition coefficient (Wildman–Crippen LogP) is 3.19. The van der Waals surface area contributed by atoms with Gasteiger partial charge in [-0.3, -0.25) is 10.1 Å². The molecule has 1 atom stereocenters. The summed E-state index contributed by atoms with van der Waals surface area (Å²) < 4.78 is 0. The van der Waals surface area contributed by atoms with Crippen molar-refractivity contribution in [3.63, 3.8) is 0 Å². The van der Waals surface area contributed by atoms with Crippen molar-refractivity contribution in [3.05, 3.63) is 0 Å². The molecule has 1 saturated heterocycles. The van der Waals surface area contributed by atoms with Gasteiger partial charge in [0.15, 0.2) is 0 Å². The molecule has 0 aromatic heterocycles. The standard InChI is InChI=1S/C16H28N2O/c1-13-17-16(11-7-8-12-16)15(19)18(13)14-9-5-3-2-4-6-10-14/h13-14,17H,2-12H2,1H3. The predicted molar refractivity (Wildman–Crippen MR) is 76.7 cm³/mol. The largest absolute Gasteiger partial charge is 0.323 e. The van der Waals surface area contributed by atoms with Gasteiger partial charge in [-0.2, -0.15) is 0 Å². The van der Waals surface area contributed by atoms with Crippen LogP contribution in [0.15, 0.2) is 0 Å². The van der Waals surface area contributed by atoms with Crippen molar-refractivity contribution in [2.45, 2.75) is 95.3 Å². The molecule has 3 fully saturated rings. The van der Waals surface area contributed by atoms with E-state index in [1.807, 2.05) is 0 Å². The first-order valence-electron chi connectivity index (χ1n) is 8.33. The monoisotopic (exact) mass is 264 g/mol. The smallest absolute Gasteiger partial charge is 0.244 e. The van der Waals surface area contributed by atoms with E-state index in [0.717, 1.165) is 12.8 Å². The minimum Gasteiger partial charge on any atom is -0.323 e. The number of carbonyl (C=O) groups is 1. The minimum absolute atomic E-state index is 0.179. The summed E-state index contributed by atoms with van der Waals surface area (Å²) in [5.74, 6) is 0.420. The van der Waals surface area contributed by atoms with E-state index in [-0.39, 0.29) is 11.7 Å². The Balaban J connectivity index is 1.73. The molecule has 19 heavy (non-hydrogen) atoms. The topological polar surface area (TPSA) is 32.3 Å². The van der Waals surface area contributed by atoms with Crippen LogP contribution in [0, 0.1) is 0 Å². The van der Waals surface area contributed by atoms with Crippen LogP contribution in [-0.4, -0.2) is 28.6 Å². The highest BCUT2D eigenvalue weighted by Crippen LogP contribution is 2.38. The molecule has 3 nitrogen and oxygen atoms in total. The average Bonchev–Trinajstić information content (AvgIpc) is 2.89. The number of amides is 1. The third kappa shape index (κ3) is 2.42. The summed E-state index contributed by atoms with van der Waals surface area (Å²) in [7, 11) is 0. The van der Waals surface area contributed by atoms with E-state index >= 15 is 0 Å². The van der Waals surface area contributed by atoms with Crippen molar-refractivity contribution < 1.29 is 4.79 Å². The Morgan fingerprint density at radius 1 is 1.00 bits per heavy atom. The van der Waals surface area contributed by atoms with E-state index in [1.165, 1.54) is 57.8 Å². The minimum atomic E-state index is -0.179. The Kier molecular flexibility index (Phi) is 3.84. The molecule has 1 N–H and O–H groups in total. The fourth-order valence-corrected chi connectivity index (χ4v) is 4.49. The van der Waals surface area contributed by atoms with Crippen LogP contribution in [0.1, 0.15) is 77.6 Å². The zero-order chi connectivity index (χ0) is 13.3. The van der Waals surface area contributed by atoms with Gasteiger partial charge in [0.05, 0.1) is 11.7 Å². The van der Waals surface area contributed by atoms with Crippen LogP contribution in [0.5, 0.6) is 0 Å². The highest BCUT2D eigenvalue weighted by Gasteiger charge is 2.52. The lowest BCUT2D eigenvalue weighted by Gasteiger charge is -2.33. The van der Waals surface area contributed by atoms with E-state index < -0.39 is 0 Å². The van der Waals surface area contributed by atoms with Gasteiger partial charge in [0.25, 0.3) is 0 Å². The molecule has 0 aromatic carbocycles. The molecule has 3 aliphatic rings. The van der Waals surface area contributed by atoms with Crippen LogP contribution in [-0.2, 0) is 4.79 Å². The molecule has 3 heteroatoms. The SMILES string of the molecule is CC1NC2(CCCC2)C(=O)N1C1CCCCCCC1. The highest BCUT2D eigenvalue weighted by molar-refractivity contribution is 5.89. The fourth-order valence-electron chi connectivity index (χ4n) is 4.49. The molecule has 2 saturated carbocycles. The molecule has 108 valence electrons. The summed E-state index contributed by atoms with van der Waals surface area (Å²) in [6.45, 7) is 2.18. The van der Waals surface area contributed by atoms with Crippen LogP contribution in [0.25, 0.3) is 0 Å². The molecule has 1 spiro atoms. The Hall–Kier alpha value is -0.570. The van der Waals surface area contributed by atoms with Crippen molar-refractivity contribution in [1.82, 2.24) is 10.2 Å². The first-order chi connectivity index (χ1) is 9.23. The van der Waals surface area contributed by atoms with E-state index in [9.17, 15) is 4.79 Å². The van der Waals surface area contributed by atoms with Crippen molar-refractivity contribution in [2.75, 3.05) is 0 Å². The van der Waals surface area contributed by atoms with Crippen LogP contribution < -0.4 is 5.32 Å². The zero-order valence-electron chi connectivity index (χ0n) is 12.3. The van der Waals surface area contributed by atoms with E-state index in [0.29, 0.717) is 11.9 Å². The second-order valence-corrected chi connectivity index (χ2v) is 6.82. The lowest BCUT2D eigenvalue weighted by atomic mass is 9.93.